The molecular formula is C25H18ClN3O9S2. The van der Waals surface area contributed by atoms with Crippen molar-refractivity contribution in [3.05, 3.63) is 92.3 Å². The summed E-state index contributed by atoms with van der Waals surface area (Å²) in [4.78, 5) is 48.2. The van der Waals surface area contributed by atoms with Gasteiger partial charge in [0.2, 0.25) is 5.91 Å². The number of nitrogens with one attached hydrogen (secondary N) is 1. The Bertz CT molecular complexity index is 1660. The molecule has 0 aliphatic carbocycles. The van der Waals surface area contributed by atoms with Crippen molar-refractivity contribution in [2.75, 3.05) is 19.0 Å². The lowest BCUT2D eigenvalue weighted by Crippen LogP contribution is -2.36. The van der Waals surface area contributed by atoms with Crippen LogP contribution in [0.1, 0.15) is 5.56 Å². The second kappa shape index (κ2) is 11.8. The average Bonchev–Trinajstić information content (AvgIpc) is 3.17. The number of benzene rings is 3. The summed E-state index contributed by atoms with van der Waals surface area (Å²) in [7, 11) is -3.36. The smallest absolute Gasteiger partial charge is 0.346 e. The van der Waals surface area contributed by atoms with Crippen LogP contribution >= 0.6 is 23.4 Å². The number of amides is 3. The van der Waals surface area contributed by atoms with Gasteiger partial charge in [-0.2, -0.15) is 8.42 Å². The number of thioether (sulfide) groups is 1. The highest BCUT2D eigenvalue weighted by Gasteiger charge is 2.36. The van der Waals surface area contributed by atoms with Gasteiger partial charge in [-0.1, -0.05) is 29.8 Å². The van der Waals surface area contributed by atoms with Crippen molar-refractivity contribution >= 4 is 68.0 Å². The molecule has 0 spiro atoms. The van der Waals surface area contributed by atoms with Crippen LogP contribution in [-0.4, -0.2) is 48.9 Å². The molecule has 0 radical (unpaired) electrons. The van der Waals surface area contributed by atoms with E-state index in [0.29, 0.717) is 28.0 Å². The van der Waals surface area contributed by atoms with Gasteiger partial charge in [0.05, 0.1) is 16.9 Å². The third-order valence-corrected chi connectivity index (χ3v) is 7.76. The fourth-order valence-corrected chi connectivity index (χ4v) is 5.56. The maximum atomic E-state index is 12.8. The molecule has 1 heterocycles. The zero-order valence-corrected chi connectivity index (χ0v) is 22.8. The molecular weight excluding hydrogens is 586 g/mol. The zero-order chi connectivity index (χ0) is 29.0. The first kappa shape index (κ1) is 28.6. The Labute approximate surface area is 236 Å². The van der Waals surface area contributed by atoms with E-state index in [9.17, 15) is 32.9 Å². The minimum atomic E-state index is -4.61. The predicted molar refractivity (Wildman–Crippen MR) is 147 cm³/mol. The number of carbonyl (C=O) groups is 3. The summed E-state index contributed by atoms with van der Waals surface area (Å²) in [6.45, 7) is -0.510. The number of anilines is 1. The fraction of sp³-hybridized carbons (Fsp3) is 0.0800. The van der Waals surface area contributed by atoms with Crippen molar-refractivity contribution in [2.24, 2.45) is 0 Å². The van der Waals surface area contributed by atoms with Crippen LogP contribution in [0.3, 0.4) is 0 Å². The number of para-hydroxylation sites is 1. The highest BCUT2D eigenvalue weighted by atomic mass is 35.5. The number of rotatable bonds is 9. The normalized spacial score (nSPS) is 14.3. The average molecular weight is 604 g/mol. The number of hydrogen-bond donors (Lipinski definition) is 1. The molecule has 4 rings (SSSR count). The SMILES string of the molecule is COc1cc(/C=C2\SC(=O)N(CC(=O)Nc3ccc(Cl)cc3)C2=O)ccc1OS(=O)(=O)c1ccccc1[N+](=O)[O-]. The maximum absolute atomic E-state index is 12.8. The number of methoxy groups -OCH3 is 1. The molecule has 1 fully saturated rings. The Morgan fingerprint density at radius 1 is 1.10 bits per heavy atom. The van der Waals surface area contributed by atoms with Crippen molar-refractivity contribution in [3.63, 3.8) is 0 Å². The van der Waals surface area contributed by atoms with Crippen LogP contribution in [0.5, 0.6) is 11.5 Å². The second-order valence-corrected chi connectivity index (χ2v) is 10.9. The lowest BCUT2D eigenvalue weighted by molar-refractivity contribution is -0.387. The second-order valence-electron chi connectivity index (χ2n) is 8.00. The molecule has 1 saturated heterocycles. The lowest BCUT2D eigenvalue weighted by atomic mass is 10.2. The first-order valence-electron chi connectivity index (χ1n) is 11.2. The van der Waals surface area contributed by atoms with Crippen molar-refractivity contribution in [1.29, 1.82) is 0 Å². The van der Waals surface area contributed by atoms with E-state index in [1.54, 1.807) is 24.3 Å². The predicted octanol–water partition coefficient (Wildman–Crippen LogP) is 4.70. The minimum absolute atomic E-state index is 0.0209. The van der Waals surface area contributed by atoms with E-state index in [0.717, 1.165) is 17.0 Å². The summed E-state index contributed by atoms with van der Waals surface area (Å²) in [5.41, 5.74) is 0.134. The molecule has 1 N–H and O–H groups in total. The van der Waals surface area contributed by atoms with Gasteiger partial charge in [0.25, 0.3) is 16.8 Å². The van der Waals surface area contributed by atoms with Crippen molar-refractivity contribution in [3.8, 4) is 11.5 Å². The molecule has 0 unspecified atom stereocenters. The van der Waals surface area contributed by atoms with Crippen LogP contribution in [-0.2, 0) is 19.7 Å². The third-order valence-electron chi connectivity index (χ3n) is 5.32. The number of halogens is 1. The van der Waals surface area contributed by atoms with E-state index in [2.05, 4.69) is 5.32 Å². The highest BCUT2D eigenvalue weighted by molar-refractivity contribution is 8.18. The van der Waals surface area contributed by atoms with Crippen LogP contribution in [0.25, 0.3) is 6.08 Å². The molecule has 3 amide bonds. The van der Waals surface area contributed by atoms with E-state index in [-0.39, 0.29) is 16.4 Å². The topological polar surface area (TPSA) is 162 Å². The number of nitro groups is 1. The van der Waals surface area contributed by atoms with E-state index < -0.39 is 49.2 Å². The van der Waals surface area contributed by atoms with Gasteiger partial charge in [0.15, 0.2) is 16.4 Å². The van der Waals surface area contributed by atoms with Crippen molar-refractivity contribution < 1.29 is 36.6 Å². The molecule has 0 saturated carbocycles. The Balaban J connectivity index is 1.50. The summed E-state index contributed by atoms with van der Waals surface area (Å²) >= 11 is 6.45. The monoisotopic (exact) mass is 603 g/mol. The summed E-state index contributed by atoms with van der Waals surface area (Å²) in [6.07, 6.45) is 1.37. The van der Waals surface area contributed by atoms with Crippen LogP contribution < -0.4 is 14.2 Å². The number of hydrogen-bond acceptors (Lipinski definition) is 10. The molecule has 1 aliphatic rings. The molecule has 3 aromatic rings. The highest BCUT2D eigenvalue weighted by Crippen LogP contribution is 2.36. The van der Waals surface area contributed by atoms with E-state index in [1.165, 1.54) is 43.5 Å². The molecule has 40 heavy (non-hydrogen) atoms. The molecule has 0 bridgehead atoms. The Morgan fingerprint density at radius 3 is 2.48 bits per heavy atom. The molecule has 0 atom stereocenters. The van der Waals surface area contributed by atoms with E-state index in [1.807, 2.05) is 0 Å². The summed E-state index contributed by atoms with van der Waals surface area (Å²) in [5.74, 6) is -1.60. The lowest BCUT2D eigenvalue weighted by Gasteiger charge is -2.12. The van der Waals surface area contributed by atoms with Crippen LogP contribution in [0.2, 0.25) is 5.02 Å². The first-order chi connectivity index (χ1) is 19.0. The molecule has 15 heteroatoms. The molecule has 206 valence electrons. The quantitative estimate of drug-likeness (QED) is 0.157. The van der Waals surface area contributed by atoms with Crippen molar-refractivity contribution in [2.45, 2.75) is 4.90 Å². The number of ether oxygens (including phenoxy) is 1. The Kier molecular flexibility index (Phi) is 8.42. The van der Waals surface area contributed by atoms with Gasteiger partial charge in [0, 0.05) is 16.8 Å². The zero-order valence-electron chi connectivity index (χ0n) is 20.4. The molecule has 0 aromatic heterocycles. The van der Waals surface area contributed by atoms with Gasteiger partial charge in [0.1, 0.15) is 6.54 Å². The number of nitrogens with zero attached hydrogens (tertiary/aromatic N) is 2. The Morgan fingerprint density at radius 2 is 1.80 bits per heavy atom. The minimum Gasteiger partial charge on any atom is -0.493 e. The fourth-order valence-electron chi connectivity index (χ4n) is 3.49. The van der Waals surface area contributed by atoms with Crippen LogP contribution in [0.4, 0.5) is 16.2 Å². The summed E-state index contributed by atoms with van der Waals surface area (Å²) in [6, 6.07) is 15.0. The van der Waals surface area contributed by atoms with Gasteiger partial charge >= 0.3 is 10.1 Å². The molecule has 3 aromatic carbocycles. The maximum Gasteiger partial charge on any atom is 0.346 e. The Hall–Kier alpha value is -4.40. The van der Waals surface area contributed by atoms with E-state index in [4.69, 9.17) is 20.5 Å². The van der Waals surface area contributed by atoms with Crippen LogP contribution in [0, 0.1) is 10.1 Å². The van der Waals surface area contributed by atoms with Gasteiger partial charge in [-0.15, -0.1) is 0 Å². The number of imide groups is 1. The number of nitro benzene ring substituents is 1. The molecule has 1 aliphatic heterocycles. The van der Waals surface area contributed by atoms with Crippen LogP contribution in [0.15, 0.2) is 76.5 Å². The standard InChI is InChI=1S/C25H18ClN3O9S2/c1-37-20-12-15(6-11-19(20)38-40(35,36)22-5-3-2-4-18(22)29(33)34)13-21-24(31)28(25(32)39-21)14-23(30)27-17-9-7-16(26)8-10-17/h2-13H,14H2,1H3,(H,27,30)/b21-13-. The number of carbonyl (C=O) groups excluding carboxylic acids is 3. The van der Waals surface area contributed by atoms with E-state index >= 15 is 0 Å². The van der Waals surface area contributed by atoms with Crippen molar-refractivity contribution in [1.82, 2.24) is 4.90 Å². The van der Waals surface area contributed by atoms with Gasteiger partial charge < -0.3 is 14.2 Å². The molecule has 12 nitrogen and oxygen atoms in total. The summed E-state index contributed by atoms with van der Waals surface area (Å²) in [5, 5.41) is 13.7. The van der Waals surface area contributed by atoms with Gasteiger partial charge in [-0.05, 0) is 65.9 Å². The van der Waals surface area contributed by atoms with Gasteiger partial charge in [-0.25, -0.2) is 0 Å². The van der Waals surface area contributed by atoms with Gasteiger partial charge in [-0.3, -0.25) is 29.4 Å². The first-order valence-corrected chi connectivity index (χ1v) is 13.8. The summed E-state index contributed by atoms with van der Waals surface area (Å²) < 4.78 is 35.9. The third kappa shape index (κ3) is 6.42. The largest absolute Gasteiger partial charge is 0.493 e.